The van der Waals surface area contributed by atoms with Crippen LogP contribution < -0.4 is 20.7 Å². The zero-order valence-electron chi connectivity index (χ0n) is 24.4. The minimum Gasteiger partial charge on any atom is -0.490 e. The van der Waals surface area contributed by atoms with Crippen LogP contribution in [0.2, 0.25) is 0 Å². The van der Waals surface area contributed by atoms with E-state index < -0.39 is 42.1 Å². The molecule has 0 saturated carbocycles. The summed E-state index contributed by atoms with van der Waals surface area (Å²) in [5.41, 5.74) is 1.07. The number of aliphatic hydroxyl groups excluding tert-OH is 1. The van der Waals surface area contributed by atoms with Gasteiger partial charge in [-0.15, -0.1) is 0 Å². The summed E-state index contributed by atoms with van der Waals surface area (Å²) in [6, 6.07) is 4.62. The molecule has 13 nitrogen and oxygen atoms in total. The maximum atomic E-state index is 12.7. The number of carboxylic acids is 2. The summed E-state index contributed by atoms with van der Waals surface area (Å²) in [4.78, 5) is 53.0. The first-order chi connectivity index (χ1) is 20.0. The third kappa shape index (κ3) is 9.16. The highest BCUT2D eigenvalue weighted by Crippen LogP contribution is 2.26. The van der Waals surface area contributed by atoms with Gasteiger partial charge in [-0.1, -0.05) is 19.9 Å². The Bertz CT molecular complexity index is 1230. The molecule has 1 aliphatic rings. The summed E-state index contributed by atoms with van der Waals surface area (Å²) in [6.07, 6.45) is 1.53. The first kappa shape index (κ1) is 32.8. The van der Waals surface area contributed by atoms with Crippen LogP contribution in [0.25, 0.3) is 10.9 Å². The second kappa shape index (κ2) is 15.5. The summed E-state index contributed by atoms with van der Waals surface area (Å²) in [6.45, 7) is 6.69. The number of nitrogens with one attached hydrogen (secondary N) is 4. The number of likely N-dealkylation sites (tertiary alicyclic amines) is 1. The molecule has 1 fully saturated rings. The third-order valence-corrected chi connectivity index (χ3v) is 7.21. The maximum Gasteiger partial charge on any atom is 0.326 e. The number of carbonyl (C=O) groups is 4. The Labute approximate surface area is 245 Å². The van der Waals surface area contributed by atoms with Crippen molar-refractivity contribution in [2.45, 2.75) is 83.1 Å². The summed E-state index contributed by atoms with van der Waals surface area (Å²) in [5, 5.41) is 38.6. The number of aliphatic carboxylic acids is 2. The zero-order valence-corrected chi connectivity index (χ0v) is 24.4. The average Bonchev–Trinajstić information content (AvgIpc) is 3.61. The fourth-order valence-electron chi connectivity index (χ4n) is 4.95. The van der Waals surface area contributed by atoms with Crippen LogP contribution in [-0.2, 0) is 14.4 Å². The van der Waals surface area contributed by atoms with Crippen molar-refractivity contribution in [2.24, 2.45) is 0 Å². The van der Waals surface area contributed by atoms with Gasteiger partial charge in [0.2, 0.25) is 5.91 Å². The lowest BCUT2D eigenvalue weighted by Crippen LogP contribution is -2.53. The van der Waals surface area contributed by atoms with Crippen molar-refractivity contribution in [2.75, 3.05) is 26.2 Å². The van der Waals surface area contributed by atoms with Crippen LogP contribution in [0.15, 0.2) is 24.3 Å². The van der Waals surface area contributed by atoms with E-state index >= 15 is 0 Å². The number of rotatable bonds is 17. The number of aromatic nitrogens is 1. The Morgan fingerprint density at radius 3 is 2.60 bits per heavy atom. The van der Waals surface area contributed by atoms with Crippen molar-refractivity contribution in [3.63, 3.8) is 0 Å². The van der Waals surface area contributed by atoms with E-state index in [-0.39, 0.29) is 25.0 Å². The molecule has 0 bridgehead atoms. The fourth-order valence-corrected chi connectivity index (χ4v) is 4.95. The minimum atomic E-state index is -1.10. The molecule has 13 heteroatoms. The summed E-state index contributed by atoms with van der Waals surface area (Å²) >= 11 is 0. The van der Waals surface area contributed by atoms with E-state index in [9.17, 15) is 34.5 Å². The number of hydrogen-bond donors (Lipinski definition) is 7. The molecule has 0 radical (unpaired) electrons. The molecule has 0 aliphatic carbocycles. The Balaban J connectivity index is 1.45. The van der Waals surface area contributed by atoms with Crippen LogP contribution in [0.1, 0.15) is 63.4 Å². The molecule has 1 aliphatic heterocycles. The fraction of sp³-hybridized carbons (Fsp3) is 0.586. The van der Waals surface area contributed by atoms with Gasteiger partial charge in [0.05, 0.1) is 6.04 Å². The molecule has 2 heterocycles. The Hall–Kier alpha value is -3.68. The standard InChI is InChI=1S/C29H43N5O8/c1-17(2)31-15-19(35)16-42-25-11-6-9-21-20(25)14-23(33-21)26(36)30-12-5-4-8-22(28(38)39)32-18(3)27(37)34-13-7-10-24(34)29(40)41/h6,9,11,14,17-19,22,24,31-33,35H,4-5,7-8,10,12-13,15-16H2,1-3H3,(H,30,36)(H,38,39)(H,40,41). The Morgan fingerprint density at radius 1 is 1.14 bits per heavy atom. The number of nitrogens with zero attached hydrogens (tertiary/aromatic N) is 1. The van der Waals surface area contributed by atoms with Crippen LogP contribution in [-0.4, -0.2) is 105 Å². The quantitative estimate of drug-likeness (QED) is 0.132. The lowest BCUT2D eigenvalue weighted by atomic mass is 10.1. The Morgan fingerprint density at radius 2 is 1.90 bits per heavy atom. The predicted octanol–water partition coefficient (Wildman–Crippen LogP) is 1.31. The number of carboxylic acid groups (broad SMARTS) is 2. The van der Waals surface area contributed by atoms with Gasteiger partial charge in [0.15, 0.2) is 0 Å². The topological polar surface area (TPSA) is 193 Å². The number of unbranched alkanes of at least 4 members (excludes halogenated alkanes) is 1. The third-order valence-electron chi connectivity index (χ3n) is 7.21. The summed E-state index contributed by atoms with van der Waals surface area (Å²) in [7, 11) is 0. The molecule has 0 spiro atoms. The zero-order chi connectivity index (χ0) is 30.8. The van der Waals surface area contributed by atoms with Crippen molar-refractivity contribution in [1.29, 1.82) is 0 Å². The number of fused-ring (bicyclic) bond motifs is 1. The van der Waals surface area contributed by atoms with E-state index in [0.29, 0.717) is 62.1 Å². The number of aromatic amines is 1. The summed E-state index contributed by atoms with van der Waals surface area (Å²) in [5.74, 6) is -2.35. The first-order valence-corrected chi connectivity index (χ1v) is 14.4. The van der Waals surface area contributed by atoms with Crippen LogP contribution in [0.5, 0.6) is 5.75 Å². The molecule has 7 N–H and O–H groups in total. The smallest absolute Gasteiger partial charge is 0.326 e. The predicted molar refractivity (Wildman–Crippen MR) is 156 cm³/mol. The summed E-state index contributed by atoms with van der Waals surface area (Å²) < 4.78 is 5.80. The van der Waals surface area contributed by atoms with Crippen LogP contribution in [0, 0.1) is 0 Å². The van der Waals surface area contributed by atoms with Crippen LogP contribution in [0.3, 0.4) is 0 Å². The number of aliphatic hydroxyl groups is 1. The van der Waals surface area contributed by atoms with Crippen molar-refractivity contribution >= 4 is 34.7 Å². The molecule has 2 amide bonds. The highest BCUT2D eigenvalue weighted by atomic mass is 16.5. The van der Waals surface area contributed by atoms with Crippen molar-refractivity contribution in [1.82, 2.24) is 25.8 Å². The molecule has 1 aromatic carbocycles. The normalized spacial score (nSPS) is 17.3. The molecule has 1 saturated heterocycles. The molecular formula is C29H43N5O8. The van der Waals surface area contributed by atoms with E-state index in [2.05, 4.69) is 20.9 Å². The monoisotopic (exact) mass is 589 g/mol. The van der Waals surface area contributed by atoms with Gasteiger partial charge in [0.1, 0.15) is 36.2 Å². The van der Waals surface area contributed by atoms with Gasteiger partial charge in [-0.25, -0.2) is 4.79 Å². The van der Waals surface area contributed by atoms with E-state index in [1.54, 1.807) is 25.1 Å². The highest BCUT2D eigenvalue weighted by molar-refractivity contribution is 5.99. The van der Waals surface area contributed by atoms with Crippen molar-refractivity contribution < 1.29 is 39.2 Å². The van der Waals surface area contributed by atoms with Gasteiger partial charge in [-0.3, -0.25) is 19.7 Å². The molecule has 3 rings (SSSR count). The van der Waals surface area contributed by atoms with E-state index in [0.717, 1.165) is 5.52 Å². The van der Waals surface area contributed by atoms with Crippen LogP contribution >= 0.6 is 0 Å². The van der Waals surface area contributed by atoms with Crippen molar-refractivity contribution in [3.05, 3.63) is 30.0 Å². The highest BCUT2D eigenvalue weighted by Gasteiger charge is 2.36. The lowest BCUT2D eigenvalue weighted by molar-refractivity contribution is -0.149. The first-order valence-electron chi connectivity index (χ1n) is 14.4. The van der Waals surface area contributed by atoms with Gasteiger partial charge in [-0.2, -0.15) is 0 Å². The van der Waals surface area contributed by atoms with Gasteiger partial charge in [0, 0.05) is 36.6 Å². The molecule has 1 aromatic heterocycles. The van der Waals surface area contributed by atoms with Gasteiger partial charge in [0.25, 0.3) is 5.91 Å². The molecule has 4 atom stereocenters. The largest absolute Gasteiger partial charge is 0.490 e. The minimum absolute atomic E-state index is 0.103. The van der Waals surface area contributed by atoms with Crippen LogP contribution in [0.4, 0.5) is 0 Å². The van der Waals surface area contributed by atoms with E-state index in [1.165, 1.54) is 4.90 Å². The maximum absolute atomic E-state index is 12.7. The van der Waals surface area contributed by atoms with E-state index in [4.69, 9.17) is 4.74 Å². The number of H-pyrrole nitrogens is 1. The molecule has 2 aromatic rings. The average molecular weight is 590 g/mol. The van der Waals surface area contributed by atoms with Gasteiger partial charge < -0.3 is 40.6 Å². The molecule has 4 unspecified atom stereocenters. The van der Waals surface area contributed by atoms with Crippen molar-refractivity contribution in [3.8, 4) is 5.75 Å². The van der Waals surface area contributed by atoms with E-state index in [1.807, 2.05) is 19.9 Å². The number of carbonyl (C=O) groups excluding carboxylic acids is 2. The lowest BCUT2D eigenvalue weighted by Gasteiger charge is -2.27. The molecule has 42 heavy (non-hydrogen) atoms. The van der Waals surface area contributed by atoms with Gasteiger partial charge >= 0.3 is 11.9 Å². The SMILES string of the molecule is CC(C)NCC(O)COc1cccc2[nH]c(C(=O)NCCCCC(NC(C)C(=O)N3CCCC3C(=O)O)C(=O)O)cc12. The molecular weight excluding hydrogens is 546 g/mol. The second-order valence-corrected chi connectivity index (χ2v) is 11.0. The number of benzene rings is 1. The molecule has 232 valence electrons. The number of amides is 2. The second-order valence-electron chi connectivity index (χ2n) is 11.0. The number of hydrogen-bond acceptors (Lipinski definition) is 8. The number of ether oxygens (including phenoxy) is 1. The Kier molecular flexibility index (Phi) is 12.1. The van der Waals surface area contributed by atoms with Gasteiger partial charge in [-0.05, 0) is 57.2 Å².